The van der Waals surface area contributed by atoms with Gasteiger partial charge in [0.05, 0.1) is 5.69 Å². The van der Waals surface area contributed by atoms with Crippen LogP contribution in [0, 0.1) is 0 Å². The molecule has 2 aromatic heterocycles. The van der Waals surface area contributed by atoms with Crippen LogP contribution >= 0.6 is 11.3 Å². The second-order valence-corrected chi connectivity index (χ2v) is 5.88. The molecule has 2 aromatic rings. The molecule has 0 spiro atoms. The minimum Gasteiger partial charge on any atom is -0.351 e. The van der Waals surface area contributed by atoms with Gasteiger partial charge in [-0.15, -0.1) is 11.3 Å². The Morgan fingerprint density at radius 3 is 2.80 bits per heavy atom. The molecule has 0 aromatic carbocycles. The lowest BCUT2D eigenvalue weighted by atomic mass is 10.2. The highest BCUT2D eigenvalue weighted by atomic mass is 32.1. The maximum Gasteiger partial charge on any atom is 0.185 e. The van der Waals surface area contributed by atoms with Crippen LogP contribution in [0.25, 0.3) is 0 Å². The molecule has 0 saturated carbocycles. The minimum atomic E-state index is 0.584. The van der Waals surface area contributed by atoms with Crippen molar-refractivity contribution in [3.63, 3.8) is 0 Å². The van der Waals surface area contributed by atoms with E-state index in [4.69, 9.17) is 10.7 Å². The topological polar surface area (TPSA) is 55.0 Å². The van der Waals surface area contributed by atoms with Crippen LogP contribution in [0.15, 0.2) is 24.4 Å². The zero-order valence-electron chi connectivity index (χ0n) is 12.2. The SMILES string of the molecule is CCCc1nc(N(C)CCc2ccccn2)sc1CN. The fourth-order valence-electron chi connectivity index (χ4n) is 2.05. The minimum absolute atomic E-state index is 0.584. The maximum absolute atomic E-state index is 5.80. The first-order valence-corrected chi connectivity index (χ1v) is 7.86. The first-order valence-electron chi connectivity index (χ1n) is 7.04. The maximum atomic E-state index is 5.80. The number of nitrogens with two attached hydrogens (primary N) is 1. The Balaban J connectivity index is 2.00. The summed E-state index contributed by atoms with van der Waals surface area (Å²) >= 11 is 1.71. The second kappa shape index (κ2) is 7.36. The molecule has 5 heteroatoms. The van der Waals surface area contributed by atoms with Gasteiger partial charge in [-0.2, -0.15) is 0 Å². The molecule has 20 heavy (non-hydrogen) atoms. The van der Waals surface area contributed by atoms with Crippen molar-refractivity contribution < 1.29 is 0 Å². The first-order chi connectivity index (χ1) is 9.74. The number of likely N-dealkylation sites (N-methyl/N-ethyl adjacent to an activating group) is 1. The van der Waals surface area contributed by atoms with Gasteiger partial charge >= 0.3 is 0 Å². The van der Waals surface area contributed by atoms with Gasteiger partial charge in [0.25, 0.3) is 0 Å². The van der Waals surface area contributed by atoms with Crippen LogP contribution in [-0.4, -0.2) is 23.6 Å². The summed E-state index contributed by atoms with van der Waals surface area (Å²) in [6.45, 7) is 3.67. The average molecular weight is 290 g/mol. The number of thiazole rings is 1. The smallest absolute Gasteiger partial charge is 0.185 e. The molecule has 2 rings (SSSR count). The van der Waals surface area contributed by atoms with Crippen LogP contribution in [0.3, 0.4) is 0 Å². The summed E-state index contributed by atoms with van der Waals surface area (Å²) in [5.41, 5.74) is 8.08. The zero-order chi connectivity index (χ0) is 14.4. The van der Waals surface area contributed by atoms with Crippen molar-refractivity contribution in [1.29, 1.82) is 0 Å². The van der Waals surface area contributed by atoms with E-state index in [0.29, 0.717) is 6.54 Å². The number of anilines is 1. The van der Waals surface area contributed by atoms with E-state index >= 15 is 0 Å². The molecule has 2 heterocycles. The third-order valence-electron chi connectivity index (χ3n) is 3.20. The van der Waals surface area contributed by atoms with Gasteiger partial charge < -0.3 is 10.6 Å². The molecule has 0 radical (unpaired) electrons. The molecule has 0 bridgehead atoms. The second-order valence-electron chi connectivity index (χ2n) is 4.81. The fraction of sp³-hybridized carbons (Fsp3) is 0.467. The normalized spacial score (nSPS) is 10.8. The molecule has 0 saturated heterocycles. The molecule has 0 aliphatic rings. The van der Waals surface area contributed by atoms with E-state index in [1.165, 1.54) is 10.6 Å². The zero-order valence-corrected chi connectivity index (χ0v) is 13.0. The van der Waals surface area contributed by atoms with Crippen molar-refractivity contribution in [3.05, 3.63) is 40.7 Å². The number of hydrogen-bond acceptors (Lipinski definition) is 5. The van der Waals surface area contributed by atoms with Gasteiger partial charge in [-0.05, 0) is 18.6 Å². The lowest BCUT2D eigenvalue weighted by Gasteiger charge is -2.15. The van der Waals surface area contributed by atoms with Gasteiger partial charge in [-0.25, -0.2) is 4.98 Å². The van der Waals surface area contributed by atoms with E-state index in [2.05, 4.69) is 29.9 Å². The van der Waals surface area contributed by atoms with E-state index in [0.717, 1.165) is 36.6 Å². The molecule has 0 atom stereocenters. The third kappa shape index (κ3) is 3.77. The predicted octanol–water partition coefficient (Wildman–Crippen LogP) is 2.63. The highest BCUT2D eigenvalue weighted by molar-refractivity contribution is 7.15. The Bertz CT molecular complexity index is 524. The molecular formula is C15H22N4S. The third-order valence-corrected chi connectivity index (χ3v) is 4.43. The van der Waals surface area contributed by atoms with Crippen molar-refractivity contribution in [2.75, 3.05) is 18.5 Å². The summed E-state index contributed by atoms with van der Waals surface area (Å²) in [6.07, 6.45) is 4.88. The van der Waals surface area contributed by atoms with Crippen LogP contribution in [0.5, 0.6) is 0 Å². The van der Waals surface area contributed by atoms with Gasteiger partial charge in [0.2, 0.25) is 0 Å². The Morgan fingerprint density at radius 1 is 1.30 bits per heavy atom. The molecule has 0 fully saturated rings. The van der Waals surface area contributed by atoms with E-state index in [9.17, 15) is 0 Å². The lowest BCUT2D eigenvalue weighted by molar-refractivity contribution is 0.832. The standard InChI is InChI=1S/C15H22N4S/c1-3-6-13-14(11-16)20-15(18-13)19(2)10-8-12-7-4-5-9-17-12/h4-5,7,9H,3,6,8,10-11,16H2,1-2H3. The van der Waals surface area contributed by atoms with Crippen molar-refractivity contribution in [2.45, 2.75) is 32.7 Å². The summed E-state index contributed by atoms with van der Waals surface area (Å²) in [4.78, 5) is 12.5. The average Bonchev–Trinajstić information content (AvgIpc) is 2.89. The van der Waals surface area contributed by atoms with Gasteiger partial charge in [-0.3, -0.25) is 4.98 Å². The van der Waals surface area contributed by atoms with Gasteiger partial charge in [0.15, 0.2) is 5.13 Å². The van der Waals surface area contributed by atoms with Crippen molar-refractivity contribution in [2.24, 2.45) is 5.73 Å². The van der Waals surface area contributed by atoms with Crippen LogP contribution in [-0.2, 0) is 19.4 Å². The fourth-order valence-corrected chi connectivity index (χ4v) is 3.02. The van der Waals surface area contributed by atoms with Gasteiger partial charge in [-0.1, -0.05) is 19.4 Å². The molecule has 108 valence electrons. The predicted molar refractivity (Wildman–Crippen MR) is 85.2 cm³/mol. The quantitative estimate of drug-likeness (QED) is 0.851. The number of pyridine rings is 1. The molecule has 2 N–H and O–H groups in total. The van der Waals surface area contributed by atoms with Crippen molar-refractivity contribution in [1.82, 2.24) is 9.97 Å². The van der Waals surface area contributed by atoms with E-state index < -0.39 is 0 Å². The summed E-state index contributed by atoms with van der Waals surface area (Å²) in [5.74, 6) is 0. The van der Waals surface area contributed by atoms with Crippen molar-refractivity contribution in [3.8, 4) is 0 Å². The Hall–Kier alpha value is -1.46. The van der Waals surface area contributed by atoms with Gasteiger partial charge in [0.1, 0.15) is 0 Å². The molecule has 0 amide bonds. The molecule has 0 aliphatic heterocycles. The number of aromatic nitrogens is 2. The van der Waals surface area contributed by atoms with E-state index in [-0.39, 0.29) is 0 Å². The summed E-state index contributed by atoms with van der Waals surface area (Å²) in [6, 6.07) is 6.03. The van der Waals surface area contributed by atoms with Crippen LogP contribution < -0.4 is 10.6 Å². The summed E-state index contributed by atoms with van der Waals surface area (Å²) in [7, 11) is 2.08. The Labute approximate surface area is 124 Å². The summed E-state index contributed by atoms with van der Waals surface area (Å²) < 4.78 is 0. The number of rotatable bonds is 7. The first kappa shape index (κ1) is 14.9. The van der Waals surface area contributed by atoms with Crippen LogP contribution in [0.2, 0.25) is 0 Å². The van der Waals surface area contributed by atoms with E-state index in [1.54, 1.807) is 11.3 Å². The summed E-state index contributed by atoms with van der Waals surface area (Å²) in [5, 5.41) is 1.06. The Kier molecular flexibility index (Phi) is 5.49. The molecule has 4 nitrogen and oxygen atoms in total. The molecular weight excluding hydrogens is 268 g/mol. The number of nitrogens with zero attached hydrogens (tertiary/aromatic N) is 3. The lowest BCUT2D eigenvalue weighted by Crippen LogP contribution is -2.20. The molecule has 0 aliphatic carbocycles. The van der Waals surface area contributed by atoms with Crippen molar-refractivity contribution >= 4 is 16.5 Å². The molecule has 0 unspecified atom stereocenters. The monoisotopic (exact) mass is 290 g/mol. The highest BCUT2D eigenvalue weighted by Crippen LogP contribution is 2.26. The van der Waals surface area contributed by atoms with Crippen LogP contribution in [0.1, 0.15) is 29.6 Å². The van der Waals surface area contributed by atoms with Gasteiger partial charge in [0, 0.05) is 43.3 Å². The number of hydrogen-bond donors (Lipinski definition) is 1. The Morgan fingerprint density at radius 2 is 2.15 bits per heavy atom. The number of aryl methyl sites for hydroxylation is 1. The van der Waals surface area contributed by atoms with Crippen LogP contribution in [0.4, 0.5) is 5.13 Å². The van der Waals surface area contributed by atoms with E-state index in [1.807, 2.05) is 18.3 Å². The highest BCUT2D eigenvalue weighted by Gasteiger charge is 2.12. The largest absolute Gasteiger partial charge is 0.351 e.